The molecule has 1 saturated heterocycles. The summed E-state index contributed by atoms with van der Waals surface area (Å²) in [7, 11) is 1.60. The maximum absolute atomic E-state index is 12.2. The number of carbonyl (C=O) groups is 1. The second-order valence-corrected chi connectivity index (χ2v) is 6.37. The lowest BCUT2D eigenvalue weighted by atomic mass is 10.2. The number of piperazine rings is 1. The number of hydrogen-bond donors (Lipinski definition) is 1. The second kappa shape index (κ2) is 7.84. The van der Waals surface area contributed by atoms with E-state index in [-0.39, 0.29) is 12.0 Å². The lowest BCUT2D eigenvalue weighted by Crippen LogP contribution is -2.49. The van der Waals surface area contributed by atoms with E-state index in [2.05, 4.69) is 15.3 Å². The van der Waals surface area contributed by atoms with Crippen molar-refractivity contribution < 1.29 is 9.53 Å². The third kappa shape index (κ3) is 4.74. The number of amides is 1. The van der Waals surface area contributed by atoms with E-state index < -0.39 is 0 Å². The van der Waals surface area contributed by atoms with Crippen LogP contribution in [0, 0.1) is 6.92 Å². The standard InChI is InChI=1S/C14H24N4O2S/c1-11-16-12(10-21-11)9-17-3-5-18(6-4-17)14(19)7-13(8-15)20-2/h10,13H,3-9,15H2,1-2H3. The first-order valence-corrected chi connectivity index (χ1v) is 8.14. The zero-order valence-corrected chi connectivity index (χ0v) is 13.6. The van der Waals surface area contributed by atoms with Crippen molar-refractivity contribution in [1.82, 2.24) is 14.8 Å². The fourth-order valence-corrected chi connectivity index (χ4v) is 3.06. The van der Waals surface area contributed by atoms with Gasteiger partial charge in [-0.25, -0.2) is 4.98 Å². The summed E-state index contributed by atoms with van der Waals surface area (Å²) in [5, 5.41) is 3.21. The molecule has 0 radical (unpaired) electrons. The van der Waals surface area contributed by atoms with Gasteiger partial charge in [0.15, 0.2) is 0 Å². The normalized spacial score (nSPS) is 18.0. The minimum Gasteiger partial charge on any atom is -0.380 e. The van der Waals surface area contributed by atoms with Crippen LogP contribution in [-0.2, 0) is 16.1 Å². The Bertz CT molecular complexity index is 454. The molecule has 0 aromatic carbocycles. The number of aromatic nitrogens is 1. The van der Waals surface area contributed by atoms with E-state index in [0.29, 0.717) is 13.0 Å². The molecule has 1 atom stereocenters. The van der Waals surface area contributed by atoms with Crippen LogP contribution in [0.25, 0.3) is 0 Å². The Morgan fingerprint density at radius 1 is 1.48 bits per heavy atom. The molecule has 0 aliphatic carbocycles. The van der Waals surface area contributed by atoms with E-state index in [1.807, 2.05) is 11.8 Å². The summed E-state index contributed by atoms with van der Waals surface area (Å²) in [4.78, 5) is 20.9. The molecule has 2 N–H and O–H groups in total. The lowest BCUT2D eigenvalue weighted by molar-refractivity contribution is -0.135. The summed E-state index contributed by atoms with van der Waals surface area (Å²) >= 11 is 1.68. The van der Waals surface area contributed by atoms with Crippen LogP contribution in [0.3, 0.4) is 0 Å². The summed E-state index contributed by atoms with van der Waals surface area (Å²) in [6, 6.07) is 0. The van der Waals surface area contributed by atoms with Gasteiger partial charge in [-0.05, 0) is 6.92 Å². The van der Waals surface area contributed by atoms with Crippen molar-refractivity contribution in [2.45, 2.75) is 26.0 Å². The van der Waals surface area contributed by atoms with Crippen LogP contribution in [0.15, 0.2) is 5.38 Å². The number of hydrogen-bond acceptors (Lipinski definition) is 6. The molecule has 1 fully saturated rings. The van der Waals surface area contributed by atoms with E-state index in [0.717, 1.165) is 43.4 Å². The van der Waals surface area contributed by atoms with Crippen molar-refractivity contribution in [3.8, 4) is 0 Å². The van der Waals surface area contributed by atoms with Crippen molar-refractivity contribution >= 4 is 17.2 Å². The van der Waals surface area contributed by atoms with Gasteiger partial charge in [0, 0.05) is 51.8 Å². The average Bonchev–Trinajstić information content (AvgIpc) is 2.90. The average molecular weight is 312 g/mol. The molecule has 1 aliphatic rings. The first-order valence-electron chi connectivity index (χ1n) is 7.26. The number of carbonyl (C=O) groups excluding carboxylic acids is 1. The van der Waals surface area contributed by atoms with Gasteiger partial charge >= 0.3 is 0 Å². The molecule has 1 unspecified atom stereocenters. The van der Waals surface area contributed by atoms with Gasteiger partial charge in [-0.1, -0.05) is 0 Å². The first kappa shape index (κ1) is 16.4. The molecule has 0 saturated carbocycles. The number of thiazole rings is 1. The first-order chi connectivity index (χ1) is 10.1. The molecule has 118 valence electrons. The largest absolute Gasteiger partial charge is 0.380 e. The molecule has 21 heavy (non-hydrogen) atoms. The van der Waals surface area contributed by atoms with E-state index in [1.54, 1.807) is 18.4 Å². The molecular weight excluding hydrogens is 288 g/mol. The van der Waals surface area contributed by atoms with E-state index in [1.165, 1.54) is 0 Å². The highest BCUT2D eigenvalue weighted by Gasteiger charge is 2.23. The predicted octanol–water partition coefficient (Wildman–Crippen LogP) is 0.460. The second-order valence-electron chi connectivity index (χ2n) is 5.31. The summed E-state index contributed by atoms with van der Waals surface area (Å²) in [5.74, 6) is 0.136. The highest BCUT2D eigenvalue weighted by molar-refractivity contribution is 7.09. The van der Waals surface area contributed by atoms with E-state index >= 15 is 0 Å². The van der Waals surface area contributed by atoms with Gasteiger partial charge in [0.2, 0.25) is 5.91 Å². The van der Waals surface area contributed by atoms with Crippen LogP contribution in [0.5, 0.6) is 0 Å². The van der Waals surface area contributed by atoms with Gasteiger partial charge in [-0.2, -0.15) is 0 Å². The Hall–Kier alpha value is -1.02. The highest BCUT2D eigenvalue weighted by atomic mass is 32.1. The number of nitrogens with two attached hydrogens (primary N) is 1. The summed E-state index contributed by atoms with van der Waals surface area (Å²) in [6.07, 6.45) is 0.201. The molecule has 1 aliphatic heterocycles. The summed E-state index contributed by atoms with van der Waals surface area (Å²) in [5.41, 5.74) is 6.69. The lowest BCUT2D eigenvalue weighted by Gasteiger charge is -2.35. The maximum atomic E-state index is 12.2. The molecule has 1 aromatic rings. The van der Waals surface area contributed by atoms with Gasteiger partial charge in [-0.15, -0.1) is 11.3 Å². The minimum absolute atomic E-state index is 0.136. The summed E-state index contributed by atoms with van der Waals surface area (Å²) < 4.78 is 5.17. The Morgan fingerprint density at radius 2 is 2.19 bits per heavy atom. The van der Waals surface area contributed by atoms with E-state index in [9.17, 15) is 4.79 Å². The molecule has 7 heteroatoms. The fourth-order valence-electron chi connectivity index (χ4n) is 2.45. The molecule has 1 aromatic heterocycles. The zero-order valence-electron chi connectivity index (χ0n) is 12.7. The number of nitrogens with zero attached hydrogens (tertiary/aromatic N) is 3. The van der Waals surface area contributed by atoms with Crippen LogP contribution in [0.4, 0.5) is 0 Å². The molecule has 0 spiro atoms. The van der Waals surface area contributed by atoms with Crippen LogP contribution < -0.4 is 5.73 Å². The van der Waals surface area contributed by atoms with Crippen LogP contribution in [-0.4, -0.2) is 66.6 Å². The van der Waals surface area contributed by atoms with Gasteiger partial charge in [0.25, 0.3) is 0 Å². The monoisotopic (exact) mass is 312 g/mol. The molecule has 6 nitrogen and oxygen atoms in total. The SMILES string of the molecule is COC(CN)CC(=O)N1CCN(Cc2csc(C)n2)CC1. The Labute approximate surface area is 129 Å². The van der Waals surface area contributed by atoms with Crippen molar-refractivity contribution in [2.75, 3.05) is 39.8 Å². The quantitative estimate of drug-likeness (QED) is 0.826. The number of ether oxygens (including phenoxy) is 1. The Morgan fingerprint density at radius 3 is 2.71 bits per heavy atom. The van der Waals surface area contributed by atoms with Gasteiger partial charge in [0.05, 0.1) is 23.2 Å². The molecular formula is C14H24N4O2S. The number of methoxy groups -OCH3 is 1. The van der Waals surface area contributed by atoms with Gasteiger partial charge in [-0.3, -0.25) is 9.69 Å². The summed E-state index contributed by atoms with van der Waals surface area (Å²) in [6.45, 7) is 6.59. The van der Waals surface area contributed by atoms with Crippen LogP contribution >= 0.6 is 11.3 Å². The predicted molar refractivity (Wildman–Crippen MR) is 83.2 cm³/mol. The smallest absolute Gasteiger partial charge is 0.225 e. The minimum atomic E-state index is -0.173. The Balaban J connectivity index is 1.76. The van der Waals surface area contributed by atoms with Gasteiger partial charge < -0.3 is 15.4 Å². The molecule has 2 rings (SSSR count). The third-order valence-corrected chi connectivity index (χ3v) is 4.60. The topological polar surface area (TPSA) is 71.7 Å². The van der Waals surface area contributed by atoms with Crippen molar-refractivity contribution in [3.05, 3.63) is 16.1 Å². The van der Waals surface area contributed by atoms with E-state index in [4.69, 9.17) is 10.5 Å². The van der Waals surface area contributed by atoms with Crippen LogP contribution in [0.2, 0.25) is 0 Å². The van der Waals surface area contributed by atoms with Crippen molar-refractivity contribution in [2.24, 2.45) is 5.73 Å². The number of rotatable bonds is 6. The van der Waals surface area contributed by atoms with Crippen LogP contribution in [0.1, 0.15) is 17.1 Å². The van der Waals surface area contributed by atoms with Gasteiger partial charge in [0.1, 0.15) is 0 Å². The van der Waals surface area contributed by atoms with Crippen molar-refractivity contribution in [3.63, 3.8) is 0 Å². The molecule has 0 bridgehead atoms. The molecule has 2 heterocycles. The fraction of sp³-hybridized carbons (Fsp3) is 0.714. The highest BCUT2D eigenvalue weighted by Crippen LogP contribution is 2.13. The Kier molecular flexibility index (Phi) is 6.10. The molecule has 1 amide bonds. The third-order valence-electron chi connectivity index (χ3n) is 3.78. The zero-order chi connectivity index (χ0) is 15.2. The number of aryl methyl sites for hydroxylation is 1. The maximum Gasteiger partial charge on any atom is 0.225 e. The van der Waals surface area contributed by atoms with Crippen molar-refractivity contribution in [1.29, 1.82) is 0 Å².